The Labute approximate surface area is 116 Å². The Morgan fingerprint density at radius 1 is 1.45 bits per heavy atom. The molecule has 1 amide bonds. The number of carbonyl (C=O) groups is 1. The summed E-state index contributed by atoms with van der Waals surface area (Å²) in [6.45, 7) is 0.119. The molecule has 0 unspecified atom stereocenters. The average molecular weight is 285 g/mol. The van der Waals surface area contributed by atoms with Gasteiger partial charge in [-0.2, -0.15) is 0 Å². The molecule has 0 heterocycles. The second kappa shape index (κ2) is 7.59. The average Bonchev–Trinajstić information content (AvgIpc) is 2.44. The monoisotopic (exact) mass is 285 g/mol. The van der Waals surface area contributed by atoms with Crippen LogP contribution in [0.15, 0.2) is 30.3 Å². The third kappa shape index (κ3) is 5.36. The summed E-state index contributed by atoms with van der Waals surface area (Å²) < 4.78 is 30.8. The minimum Gasteiger partial charge on any atom is -0.493 e. The van der Waals surface area contributed by atoms with Gasteiger partial charge in [-0.05, 0) is 19.1 Å². The summed E-state index contributed by atoms with van der Waals surface area (Å²) in [6.07, 6.45) is 2.63. The van der Waals surface area contributed by atoms with Crippen LogP contribution in [-0.4, -0.2) is 36.7 Å². The van der Waals surface area contributed by atoms with E-state index in [1.165, 1.54) is 6.08 Å². The van der Waals surface area contributed by atoms with Crippen LogP contribution in [0.1, 0.15) is 12.5 Å². The van der Waals surface area contributed by atoms with E-state index in [-0.39, 0.29) is 0 Å². The van der Waals surface area contributed by atoms with Gasteiger partial charge in [-0.15, -0.1) is 0 Å². The molecule has 4 nitrogen and oxygen atoms in total. The van der Waals surface area contributed by atoms with E-state index in [9.17, 15) is 13.6 Å². The number of rotatable bonds is 7. The molecule has 0 radical (unpaired) electrons. The lowest BCUT2D eigenvalue weighted by Gasteiger charge is -2.12. The molecule has 0 spiro atoms. The second-order valence-corrected chi connectivity index (χ2v) is 4.04. The number of aliphatic hydroxyl groups excluding tert-OH is 1. The number of ether oxygens (including phenoxy) is 1. The van der Waals surface area contributed by atoms with Crippen LogP contribution in [0.25, 0.3) is 6.08 Å². The molecule has 1 rings (SSSR count). The van der Waals surface area contributed by atoms with Crippen LogP contribution in [0.2, 0.25) is 0 Å². The first-order valence-electron chi connectivity index (χ1n) is 6.15. The summed E-state index contributed by atoms with van der Waals surface area (Å²) in [5, 5.41) is 10.4. The van der Waals surface area contributed by atoms with Gasteiger partial charge in [0.25, 0.3) is 5.92 Å². The number of hydrogen-bond donors (Lipinski definition) is 2. The molecule has 2 N–H and O–H groups in total. The van der Waals surface area contributed by atoms with Crippen molar-refractivity contribution in [2.24, 2.45) is 0 Å². The zero-order chi connectivity index (χ0) is 15.0. The van der Waals surface area contributed by atoms with E-state index >= 15 is 0 Å². The van der Waals surface area contributed by atoms with Crippen molar-refractivity contribution < 1.29 is 23.4 Å². The fourth-order valence-corrected chi connectivity index (χ4v) is 1.40. The quantitative estimate of drug-likeness (QED) is 0.752. The lowest BCUT2D eigenvalue weighted by Crippen LogP contribution is -2.38. The van der Waals surface area contributed by atoms with E-state index in [0.717, 1.165) is 6.08 Å². The first-order valence-corrected chi connectivity index (χ1v) is 6.15. The number of amides is 1. The summed E-state index contributed by atoms with van der Waals surface area (Å²) in [6, 6.07) is 7.07. The standard InChI is InChI=1S/C14H17F2NO3/c1-2-20-12-6-4-3-5-11(12)7-8-13(19)17-9-14(15,16)10-18/h3-8,18H,2,9-10H2,1H3,(H,17,19)/b8-7+. The first-order chi connectivity index (χ1) is 9.48. The Kier molecular flexibility index (Phi) is 6.11. The molecule has 0 saturated heterocycles. The largest absolute Gasteiger partial charge is 0.493 e. The van der Waals surface area contributed by atoms with Gasteiger partial charge in [0, 0.05) is 11.6 Å². The Hall–Kier alpha value is -1.95. The number of benzene rings is 1. The van der Waals surface area contributed by atoms with Crippen LogP contribution in [-0.2, 0) is 4.79 Å². The predicted octanol–water partition coefficient (Wildman–Crippen LogP) is 1.84. The number of aliphatic hydroxyl groups is 1. The van der Waals surface area contributed by atoms with Crippen molar-refractivity contribution >= 4 is 12.0 Å². The maximum atomic E-state index is 12.7. The molecule has 110 valence electrons. The predicted molar refractivity (Wildman–Crippen MR) is 71.7 cm³/mol. The van der Waals surface area contributed by atoms with Crippen molar-refractivity contribution in [2.45, 2.75) is 12.8 Å². The molecule has 1 aromatic carbocycles. The second-order valence-electron chi connectivity index (χ2n) is 4.04. The summed E-state index contributed by atoms with van der Waals surface area (Å²) >= 11 is 0. The minimum absolute atomic E-state index is 0.486. The summed E-state index contributed by atoms with van der Waals surface area (Å²) in [5.74, 6) is -3.36. The molecule has 0 aromatic heterocycles. The molecular formula is C14H17F2NO3. The topological polar surface area (TPSA) is 58.6 Å². The van der Waals surface area contributed by atoms with E-state index in [4.69, 9.17) is 9.84 Å². The minimum atomic E-state index is -3.31. The highest BCUT2D eigenvalue weighted by Crippen LogP contribution is 2.19. The van der Waals surface area contributed by atoms with Gasteiger partial charge in [-0.25, -0.2) is 8.78 Å². The number of para-hydroxylation sites is 1. The van der Waals surface area contributed by atoms with Crippen molar-refractivity contribution in [1.29, 1.82) is 0 Å². The normalized spacial score (nSPS) is 11.6. The number of hydrogen-bond acceptors (Lipinski definition) is 3. The lowest BCUT2D eigenvalue weighted by atomic mass is 10.2. The van der Waals surface area contributed by atoms with Gasteiger partial charge in [0.2, 0.25) is 5.91 Å². The molecule has 0 aliphatic heterocycles. The van der Waals surface area contributed by atoms with E-state index in [0.29, 0.717) is 17.9 Å². The molecule has 0 aliphatic carbocycles. The Morgan fingerprint density at radius 2 is 2.15 bits per heavy atom. The van der Waals surface area contributed by atoms with Gasteiger partial charge in [0.05, 0.1) is 13.2 Å². The van der Waals surface area contributed by atoms with Crippen LogP contribution in [0, 0.1) is 0 Å². The van der Waals surface area contributed by atoms with E-state index in [1.807, 2.05) is 12.2 Å². The third-order valence-corrected chi connectivity index (χ3v) is 2.39. The van der Waals surface area contributed by atoms with Crippen molar-refractivity contribution in [3.8, 4) is 5.75 Å². The molecule has 0 atom stereocenters. The molecule has 0 fully saturated rings. The smallest absolute Gasteiger partial charge is 0.287 e. The van der Waals surface area contributed by atoms with Crippen molar-refractivity contribution in [1.82, 2.24) is 5.32 Å². The van der Waals surface area contributed by atoms with Crippen molar-refractivity contribution in [3.63, 3.8) is 0 Å². The Bertz CT molecular complexity index is 475. The molecule has 0 aliphatic rings. The van der Waals surface area contributed by atoms with Crippen molar-refractivity contribution in [3.05, 3.63) is 35.9 Å². The SMILES string of the molecule is CCOc1ccccc1/C=C/C(=O)NCC(F)(F)CO. The zero-order valence-corrected chi connectivity index (χ0v) is 11.1. The first kappa shape index (κ1) is 16.1. The summed E-state index contributed by atoms with van der Waals surface area (Å²) in [7, 11) is 0. The van der Waals surface area contributed by atoms with Gasteiger partial charge in [-0.1, -0.05) is 18.2 Å². The van der Waals surface area contributed by atoms with E-state index in [2.05, 4.69) is 0 Å². The van der Waals surface area contributed by atoms with Crippen LogP contribution < -0.4 is 10.1 Å². The number of nitrogens with one attached hydrogen (secondary N) is 1. The third-order valence-electron chi connectivity index (χ3n) is 2.39. The molecular weight excluding hydrogens is 268 g/mol. The van der Waals surface area contributed by atoms with Gasteiger partial charge < -0.3 is 15.2 Å². The number of halogens is 2. The van der Waals surface area contributed by atoms with Gasteiger partial charge in [-0.3, -0.25) is 4.79 Å². The van der Waals surface area contributed by atoms with Crippen LogP contribution in [0.3, 0.4) is 0 Å². The molecule has 0 saturated carbocycles. The highest BCUT2D eigenvalue weighted by Gasteiger charge is 2.27. The zero-order valence-electron chi connectivity index (χ0n) is 11.1. The van der Waals surface area contributed by atoms with Crippen molar-refractivity contribution in [2.75, 3.05) is 19.8 Å². The van der Waals surface area contributed by atoms with Crippen LogP contribution in [0.4, 0.5) is 8.78 Å². The molecule has 20 heavy (non-hydrogen) atoms. The van der Waals surface area contributed by atoms with Gasteiger partial charge >= 0.3 is 0 Å². The van der Waals surface area contributed by atoms with E-state index < -0.39 is 25.0 Å². The Morgan fingerprint density at radius 3 is 2.80 bits per heavy atom. The van der Waals surface area contributed by atoms with Gasteiger partial charge in [0.15, 0.2) is 0 Å². The summed E-state index contributed by atoms with van der Waals surface area (Å²) in [4.78, 5) is 11.4. The maximum absolute atomic E-state index is 12.7. The molecule has 1 aromatic rings. The summed E-state index contributed by atoms with van der Waals surface area (Å²) in [5.41, 5.74) is 0.679. The number of carbonyl (C=O) groups excluding carboxylic acids is 1. The van der Waals surface area contributed by atoms with Crippen LogP contribution >= 0.6 is 0 Å². The highest BCUT2D eigenvalue weighted by atomic mass is 19.3. The maximum Gasteiger partial charge on any atom is 0.287 e. The van der Waals surface area contributed by atoms with Crippen LogP contribution in [0.5, 0.6) is 5.75 Å². The lowest BCUT2D eigenvalue weighted by molar-refractivity contribution is -0.119. The molecule has 0 bridgehead atoms. The Balaban J connectivity index is 2.61. The highest BCUT2D eigenvalue weighted by molar-refractivity contribution is 5.92. The van der Waals surface area contributed by atoms with E-state index in [1.54, 1.807) is 24.3 Å². The van der Waals surface area contributed by atoms with Gasteiger partial charge in [0.1, 0.15) is 12.4 Å². The fourth-order valence-electron chi connectivity index (χ4n) is 1.40. The number of alkyl halides is 2. The molecule has 6 heteroatoms. The fraction of sp³-hybridized carbons (Fsp3) is 0.357.